The molecule has 21 heavy (non-hydrogen) atoms. The molecule has 3 aliphatic rings. The monoisotopic (exact) mass is 315 g/mol. The maximum atomic E-state index is 11.5. The van der Waals surface area contributed by atoms with E-state index < -0.39 is 9.84 Å². The van der Waals surface area contributed by atoms with E-state index in [1.54, 1.807) is 0 Å². The Balaban J connectivity index is 1.57. The Morgan fingerprint density at radius 1 is 0.952 bits per heavy atom. The molecule has 1 saturated carbocycles. The molecular weight excluding hydrogens is 286 g/mol. The molecule has 2 heterocycles. The average Bonchev–Trinajstić information content (AvgIpc) is 2.90. The van der Waals surface area contributed by atoms with Crippen molar-refractivity contribution in [1.29, 1.82) is 0 Å². The Morgan fingerprint density at radius 3 is 2.38 bits per heavy atom. The van der Waals surface area contributed by atoms with Crippen molar-refractivity contribution in [3.63, 3.8) is 0 Å². The standard InChI is InChI=1S/C16H29NO3S/c18-16-6-2-1-4-14(16)15-5-3-9-17(15)12-13-7-10-21(19,20)11-8-13/h13-16,18H,1-12H2. The summed E-state index contributed by atoms with van der Waals surface area (Å²) in [7, 11) is -2.75. The Morgan fingerprint density at radius 2 is 1.67 bits per heavy atom. The molecule has 2 saturated heterocycles. The molecule has 4 nitrogen and oxygen atoms in total. The van der Waals surface area contributed by atoms with Gasteiger partial charge < -0.3 is 5.11 Å². The summed E-state index contributed by atoms with van der Waals surface area (Å²) in [4.78, 5) is 2.57. The second kappa shape index (κ2) is 6.55. The van der Waals surface area contributed by atoms with Crippen LogP contribution in [0.4, 0.5) is 0 Å². The van der Waals surface area contributed by atoms with Gasteiger partial charge in [-0.05, 0) is 51.0 Å². The van der Waals surface area contributed by atoms with Crippen LogP contribution in [0, 0.1) is 11.8 Å². The molecule has 1 aliphatic carbocycles. The summed E-state index contributed by atoms with van der Waals surface area (Å²) in [5.74, 6) is 1.74. The summed E-state index contributed by atoms with van der Waals surface area (Å²) in [6.45, 7) is 2.18. The third kappa shape index (κ3) is 3.80. The highest BCUT2D eigenvalue weighted by Crippen LogP contribution is 2.35. The van der Waals surface area contributed by atoms with Crippen LogP contribution in [0.15, 0.2) is 0 Å². The van der Waals surface area contributed by atoms with Gasteiger partial charge in [-0.15, -0.1) is 0 Å². The zero-order valence-electron chi connectivity index (χ0n) is 12.9. The minimum absolute atomic E-state index is 0.115. The molecule has 0 aromatic carbocycles. The van der Waals surface area contributed by atoms with Crippen LogP contribution in [-0.4, -0.2) is 55.2 Å². The molecular formula is C16H29NO3S. The van der Waals surface area contributed by atoms with Crippen LogP contribution in [-0.2, 0) is 9.84 Å². The second-order valence-electron chi connectivity index (χ2n) is 7.32. The lowest BCUT2D eigenvalue weighted by Gasteiger charge is -2.39. The number of aliphatic hydroxyl groups is 1. The van der Waals surface area contributed by atoms with Crippen molar-refractivity contribution in [3.8, 4) is 0 Å². The Hall–Kier alpha value is -0.130. The molecule has 0 spiro atoms. The summed E-state index contributed by atoms with van der Waals surface area (Å²) < 4.78 is 23.1. The molecule has 3 fully saturated rings. The first-order chi connectivity index (χ1) is 10.1. The summed E-state index contributed by atoms with van der Waals surface area (Å²) in [6.07, 6.45) is 8.57. The SMILES string of the molecule is O=S1(=O)CCC(CN2CCCC2C2CCCCC2O)CC1. The predicted molar refractivity (Wildman–Crippen MR) is 83.9 cm³/mol. The average molecular weight is 315 g/mol. The van der Waals surface area contributed by atoms with Crippen molar-refractivity contribution >= 4 is 9.84 Å². The second-order valence-corrected chi connectivity index (χ2v) is 9.62. The van der Waals surface area contributed by atoms with E-state index >= 15 is 0 Å². The third-order valence-electron chi connectivity index (χ3n) is 5.86. The van der Waals surface area contributed by atoms with E-state index in [1.807, 2.05) is 0 Å². The third-order valence-corrected chi connectivity index (χ3v) is 7.57. The van der Waals surface area contributed by atoms with E-state index in [0.29, 0.717) is 29.4 Å². The smallest absolute Gasteiger partial charge is 0.150 e. The number of likely N-dealkylation sites (tertiary alicyclic amines) is 1. The topological polar surface area (TPSA) is 57.6 Å². The maximum Gasteiger partial charge on any atom is 0.150 e. The van der Waals surface area contributed by atoms with Gasteiger partial charge in [-0.25, -0.2) is 8.42 Å². The predicted octanol–water partition coefficient (Wildman–Crippen LogP) is 1.83. The molecule has 2 aliphatic heterocycles. The van der Waals surface area contributed by atoms with E-state index in [-0.39, 0.29) is 6.10 Å². The summed E-state index contributed by atoms with van der Waals surface area (Å²) in [6, 6.07) is 0.541. The van der Waals surface area contributed by atoms with Gasteiger partial charge in [0, 0.05) is 18.5 Å². The van der Waals surface area contributed by atoms with Gasteiger partial charge in [0.15, 0.2) is 0 Å². The number of nitrogens with zero attached hydrogens (tertiary/aromatic N) is 1. The number of hydrogen-bond donors (Lipinski definition) is 1. The molecule has 1 N–H and O–H groups in total. The Labute approximate surface area is 128 Å². The van der Waals surface area contributed by atoms with Crippen LogP contribution < -0.4 is 0 Å². The van der Waals surface area contributed by atoms with E-state index in [2.05, 4.69) is 4.90 Å². The van der Waals surface area contributed by atoms with Crippen LogP contribution >= 0.6 is 0 Å². The Kier molecular flexibility index (Phi) is 4.91. The van der Waals surface area contributed by atoms with E-state index in [0.717, 1.165) is 32.4 Å². The molecule has 5 heteroatoms. The molecule has 3 atom stereocenters. The van der Waals surface area contributed by atoms with Crippen molar-refractivity contribution < 1.29 is 13.5 Å². The van der Waals surface area contributed by atoms with Crippen molar-refractivity contribution in [2.75, 3.05) is 24.6 Å². The normalized spacial score (nSPS) is 38.6. The zero-order chi connectivity index (χ0) is 14.9. The number of rotatable bonds is 3. The first-order valence-corrected chi connectivity index (χ1v) is 10.5. The van der Waals surface area contributed by atoms with Crippen molar-refractivity contribution in [3.05, 3.63) is 0 Å². The van der Waals surface area contributed by atoms with Crippen LogP contribution in [0.2, 0.25) is 0 Å². The van der Waals surface area contributed by atoms with Crippen LogP contribution in [0.5, 0.6) is 0 Å². The van der Waals surface area contributed by atoms with Gasteiger partial charge in [-0.3, -0.25) is 4.90 Å². The largest absolute Gasteiger partial charge is 0.393 e. The van der Waals surface area contributed by atoms with Gasteiger partial charge in [0.25, 0.3) is 0 Å². The van der Waals surface area contributed by atoms with Gasteiger partial charge in [-0.1, -0.05) is 12.8 Å². The fourth-order valence-corrected chi connectivity index (χ4v) is 6.19. The van der Waals surface area contributed by atoms with Gasteiger partial charge in [0.05, 0.1) is 17.6 Å². The molecule has 0 radical (unpaired) electrons. The fraction of sp³-hybridized carbons (Fsp3) is 1.00. The fourth-order valence-electron chi connectivity index (χ4n) is 4.61. The highest BCUT2D eigenvalue weighted by molar-refractivity contribution is 7.91. The highest BCUT2D eigenvalue weighted by atomic mass is 32.2. The summed E-state index contributed by atoms with van der Waals surface area (Å²) in [5.41, 5.74) is 0. The van der Waals surface area contributed by atoms with E-state index in [9.17, 15) is 13.5 Å². The van der Waals surface area contributed by atoms with Crippen molar-refractivity contribution in [1.82, 2.24) is 4.90 Å². The van der Waals surface area contributed by atoms with Gasteiger partial charge in [0.2, 0.25) is 0 Å². The lowest BCUT2D eigenvalue weighted by molar-refractivity contribution is 0.0180. The van der Waals surface area contributed by atoms with Crippen LogP contribution in [0.25, 0.3) is 0 Å². The number of aliphatic hydroxyl groups excluding tert-OH is 1. The molecule has 0 aromatic heterocycles. The van der Waals surface area contributed by atoms with Gasteiger partial charge >= 0.3 is 0 Å². The summed E-state index contributed by atoms with van der Waals surface area (Å²) >= 11 is 0. The number of hydrogen-bond acceptors (Lipinski definition) is 4. The first-order valence-electron chi connectivity index (χ1n) is 8.68. The zero-order valence-corrected chi connectivity index (χ0v) is 13.7. The van der Waals surface area contributed by atoms with Crippen molar-refractivity contribution in [2.24, 2.45) is 11.8 Å². The Bertz CT molecular complexity index is 436. The summed E-state index contributed by atoms with van der Waals surface area (Å²) in [5, 5.41) is 10.3. The molecule has 0 aromatic rings. The lowest BCUT2D eigenvalue weighted by atomic mass is 9.80. The molecule has 122 valence electrons. The highest BCUT2D eigenvalue weighted by Gasteiger charge is 2.38. The maximum absolute atomic E-state index is 11.5. The lowest BCUT2D eigenvalue weighted by Crippen LogP contribution is -2.45. The van der Waals surface area contributed by atoms with E-state index in [1.165, 1.54) is 32.1 Å². The molecule has 3 unspecified atom stereocenters. The number of sulfone groups is 1. The molecule has 0 amide bonds. The molecule has 0 bridgehead atoms. The minimum atomic E-state index is -2.75. The quantitative estimate of drug-likeness (QED) is 0.863. The minimum Gasteiger partial charge on any atom is -0.393 e. The van der Waals surface area contributed by atoms with E-state index in [4.69, 9.17) is 0 Å². The van der Waals surface area contributed by atoms with Gasteiger partial charge in [0.1, 0.15) is 9.84 Å². The van der Waals surface area contributed by atoms with Crippen LogP contribution in [0.3, 0.4) is 0 Å². The molecule has 3 rings (SSSR count). The van der Waals surface area contributed by atoms with Gasteiger partial charge in [-0.2, -0.15) is 0 Å². The first kappa shape index (κ1) is 15.8. The van der Waals surface area contributed by atoms with Crippen molar-refractivity contribution in [2.45, 2.75) is 63.5 Å². The van der Waals surface area contributed by atoms with Crippen LogP contribution in [0.1, 0.15) is 51.4 Å².